The number of benzene rings is 1. The summed E-state index contributed by atoms with van der Waals surface area (Å²) in [5.74, 6) is -0.176. The van der Waals surface area contributed by atoms with E-state index in [1.807, 2.05) is 13.8 Å². The van der Waals surface area contributed by atoms with Crippen molar-refractivity contribution in [1.82, 2.24) is 9.80 Å². The highest BCUT2D eigenvalue weighted by Gasteiger charge is 2.32. The van der Waals surface area contributed by atoms with E-state index in [2.05, 4.69) is 17.3 Å². The second kappa shape index (κ2) is 15.2. The molecule has 1 heterocycles. The smallest absolute Gasteiger partial charge is 0.389 e. The molecule has 2 amide bonds. The van der Waals surface area contributed by atoms with Crippen molar-refractivity contribution in [2.75, 3.05) is 45.2 Å². The van der Waals surface area contributed by atoms with Crippen molar-refractivity contribution in [3.8, 4) is 5.75 Å². The lowest BCUT2D eigenvalue weighted by molar-refractivity contribution is -0.142. The summed E-state index contributed by atoms with van der Waals surface area (Å²) in [4.78, 5) is 30.2. The van der Waals surface area contributed by atoms with E-state index in [0.29, 0.717) is 18.9 Å². The third-order valence-corrected chi connectivity index (χ3v) is 7.73. The topological polar surface area (TPSA) is 91.3 Å². The number of ether oxygens (including phenoxy) is 2. The molecule has 2 aliphatic rings. The van der Waals surface area contributed by atoms with Gasteiger partial charge in [-0.15, -0.1) is 0 Å². The highest BCUT2D eigenvalue weighted by Crippen LogP contribution is 2.31. The molecule has 8 nitrogen and oxygen atoms in total. The van der Waals surface area contributed by atoms with Crippen LogP contribution in [-0.4, -0.2) is 91.0 Å². The SMILES string of the molecule is C[C@@H]1CCCCO[C@H](CN(C)CC2CC2)[C@@H](C)CN([C@H](C)CO)C(=O)c2cc(NC(=O)CCC(F)(F)F)ccc2O1. The van der Waals surface area contributed by atoms with Crippen LogP contribution in [0, 0.1) is 11.8 Å². The van der Waals surface area contributed by atoms with Gasteiger partial charge in [-0.25, -0.2) is 0 Å². The van der Waals surface area contributed by atoms with Gasteiger partial charge in [-0.2, -0.15) is 13.2 Å². The number of halogens is 3. The maximum atomic E-state index is 14.1. The maximum Gasteiger partial charge on any atom is 0.389 e. The molecule has 1 aromatic rings. The van der Waals surface area contributed by atoms with Gasteiger partial charge < -0.3 is 29.7 Å². The summed E-state index contributed by atoms with van der Waals surface area (Å²) in [6.45, 7) is 8.14. The van der Waals surface area contributed by atoms with Crippen LogP contribution < -0.4 is 10.1 Å². The molecule has 1 aliphatic carbocycles. The lowest BCUT2D eigenvalue weighted by Crippen LogP contribution is -2.47. The van der Waals surface area contributed by atoms with E-state index in [1.54, 1.807) is 17.9 Å². The largest absolute Gasteiger partial charge is 0.490 e. The Balaban J connectivity index is 1.88. The van der Waals surface area contributed by atoms with Crippen LogP contribution in [0.4, 0.5) is 18.9 Å². The number of hydrogen-bond donors (Lipinski definition) is 2. The Hall–Kier alpha value is -2.37. The second-order valence-corrected chi connectivity index (χ2v) is 11.8. The predicted octanol–water partition coefficient (Wildman–Crippen LogP) is 5.10. The quantitative estimate of drug-likeness (QED) is 0.419. The van der Waals surface area contributed by atoms with Crippen LogP contribution in [0.15, 0.2) is 18.2 Å². The van der Waals surface area contributed by atoms with Crippen molar-refractivity contribution in [3.05, 3.63) is 23.8 Å². The number of nitrogens with one attached hydrogen (secondary N) is 1. The number of nitrogens with zero attached hydrogens (tertiary/aromatic N) is 2. The number of anilines is 1. The molecule has 3 rings (SSSR count). The Morgan fingerprint density at radius 1 is 1.20 bits per heavy atom. The summed E-state index contributed by atoms with van der Waals surface area (Å²) in [6.07, 6.45) is -1.72. The van der Waals surface area contributed by atoms with Crippen molar-refractivity contribution < 1.29 is 37.3 Å². The van der Waals surface area contributed by atoms with Crippen molar-refractivity contribution in [3.63, 3.8) is 0 Å². The summed E-state index contributed by atoms with van der Waals surface area (Å²) < 4.78 is 50.3. The van der Waals surface area contributed by atoms with Crippen LogP contribution in [-0.2, 0) is 9.53 Å². The molecule has 4 atom stereocenters. The molecule has 0 unspecified atom stereocenters. The predicted molar refractivity (Wildman–Crippen MR) is 151 cm³/mol. The summed E-state index contributed by atoms with van der Waals surface area (Å²) in [6, 6.07) is 4.02. The molecule has 1 aromatic carbocycles. The number of hydrogen-bond acceptors (Lipinski definition) is 6. The minimum Gasteiger partial charge on any atom is -0.490 e. The van der Waals surface area contributed by atoms with E-state index in [4.69, 9.17) is 9.47 Å². The van der Waals surface area contributed by atoms with Crippen LogP contribution in [0.5, 0.6) is 5.75 Å². The van der Waals surface area contributed by atoms with E-state index in [0.717, 1.165) is 38.3 Å². The zero-order chi connectivity index (χ0) is 30.2. The van der Waals surface area contributed by atoms with E-state index >= 15 is 0 Å². The standard InChI is InChI=1S/C30H46F3N3O5/c1-20-16-36(21(2)19-37)29(39)25-15-24(34-28(38)12-13-30(31,32)33)10-11-26(25)41-22(3)7-5-6-14-40-27(20)18-35(4)17-23-8-9-23/h10-11,15,20-23,27,37H,5-9,12-14,16-19H2,1-4H3,(H,34,38)/t20-,21+,22+,27+/m0/s1. The Morgan fingerprint density at radius 3 is 2.59 bits per heavy atom. The van der Waals surface area contributed by atoms with Crippen molar-refractivity contribution in [2.24, 2.45) is 11.8 Å². The lowest BCUT2D eigenvalue weighted by atomic mass is 10.0. The molecular formula is C30H46F3N3O5. The van der Waals surface area contributed by atoms with Crippen LogP contribution in [0.25, 0.3) is 0 Å². The van der Waals surface area contributed by atoms with Crippen LogP contribution in [0.3, 0.4) is 0 Å². The van der Waals surface area contributed by atoms with Gasteiger partial charge in [-0.3, -0.25) is 9.59 Å². The molecule has 0 spiro atoms. The van der Waals surface area contributed by atoms with E-state index in [9.17, 15) is 27.9 Å². The zero-order valence-corrected chi connectivity index (χ0v) is 24.7. The van der Waals surface area contributed by atoms with Gasteiger partial charge in [0.25, 0.3) is 5.91 Å². The van der Waals surface area contributed by atoms with Gasteiger partial charge in [-0.05, 0) is 77.1 Å². The third kappa shape index (κ3) is 11.1. The Kier molecular flexibility index (Phi) is 12.3. The van der Waals surface area contributed by atoms with Crippen molar-refractivity contribution in [1.29, 1.82) is 0 Å². The number of rotatable bonds is 9. The molecule has 41 heavy (non-hydrogen) atoms. The third-order valence-electron chi connectivity index (χ3n) is 7.73. The molecule has 1 aliphatic heterocycles. The Labute approximate surface area is 241 Å². The highest BCUT2D eigenvalue weighted by atomic mass is 19.4. The maximum absolute atomic E-state index is 14.1. The number of carbonyl (C=O) groups is 2. The van der Waals surface area contributed by atoms with Crippen LogP contribution in [0.2, 0.25) is 0 Å². The molecule has 2 N–H and O–H groups in total. The molecule has 11 heteroatoms. The fraction of sp³-hybridized carbons (Fsp3) is 0.733. The molecule has 0 bridgehead atoms. The van der Waals surface area contributed by atoms with E-state index < -0.39 is 36.9 Å². The monoisotopic (exact) mass is 585 g/mol. The van der Waals surface area contributed by atoms with Crippen molar-refractivity contribution >= 4 is 17.5 Å². The lowest BCUT2D eigenvalue weighted by Gasteiger charge is -2.36. The minimum absolute atomic E-state index is 0.0499. The van der Waals surface area contributed by atoms with Gasteiger partial charge in [0.2, 0.25) is 5.91 Å². The van der Waals surface area contributed by atoms with Gasteiger partial charge in [0.05, 0.1) is 36.8 Å². The number of amides is 2. The number of aliphatic hydroxyl groups excluding tert-OH is 1. The molecule has 0 aromatic heterocycles. The summed E-state index contributed by atoms with van der Waals surface area (Å²) in [5.41, 5.74) is 0.382. The van der Waals surface area contributed by atoms with Gasteiger partial charge in [0.1, 0.15) is 5.75 Å². The number of carbonyl (C=O) groups excluding carboxylic acids is 2. The van der Waals surface area contributed by atoms with Gasteiger partial charge in [-0.1, -0.05) is 6.92 Å². The number of fused-ring (bicyclic) bond motifs is 1. The summed E-state index contributed by atoms with van der Waals surface area (Å²) in [5, 5.41) is 12.5. The molecular weight excluding hydrogens is 539 g/mol. The first-order valence-corrected chi connectivity index (χ1v) is 14.8. The zero-order valence-electron chi connectivity index (χ0n) is 24.7. The van der Waals surface area contributed by atoms with E-state index in [1.165, 1.54) is 25.0 Å². The average Bonchev–Trinajstić information content (AvgIpc) is 3.72. The van der Waals surface area contributed by atoms with Gasteiger partial charge in [0, 0.05) is 44.3 Å². The highest BCUT2D eigenvalue weighted by molar-refractivity contribution is 5.99. The van der Waals surface area contributed by atoms with Gasteiger partial charge in [0.15, 0.2) is 0 Å². The fourth-order valence-electron chi connectivity index (χ4n) is 5.06. The molecule has 1 fully saturated rings. The number of aliphatic hydroxyl groups is 1. The first-order valence-electron chi connectivity index (χ1n) is 14.8. The number of alkyl halides is 3. The number of likely N-dealkylation sites (N-methyl/N-ethyl adjacent to an activating group) is 1. The Morgan fingerprint density at radius 2 is 1.93 bits per heavy atom. The molecule has 0 saturated heterocycles. The average molecular weight is 586 g/mol. The molecule has 0 radical (unpaired) electrons. The van der Waals surface area contributed by atoms with Crippen LogP contribution in [0.1, 0.15) is 76.1 Å². The van der Waals surface area contributed by atoms with Gasteiger partial charge >= 0.3 is 6.18 Å². The minimum atomic E-state index is -4.44. The first kappa shape index (κ1) is 33.1. The molecule has 232 valence electrons. The van der Waals surface area contributed by atoms with Crippen LogP contribution >= 0.6 is 0 Å². The summed E-state index contributed by atoms with van der Waals surface area (Å²) in [7, 11) is 2.10. The first-order chi connectivity index (χ1) is 19.4. The second-order valence-electron chi connectivity index (χ2n) is 11.8. The molecule has 1 saturated carbocycles. The summed E-state index contributed by atoms with van der Waals surface area (Å²) >= 11 is 0. The van der Waals surface area contributed by atoms with E-state index in [-0.39, 0.29) is 36.0 Å². The fourth-order valence-corrected chi connectivity index (χ4v) is 5.06. The van der Waals surface area contributed by atoms with Crippen molar-refractivity contribution in [2.45, 2.75) is 90.1 Å². The normalized spacial score (nSPS) is 23.9. The Bertz CT molecular complexity index is 1000.